The van der Waals surface area contributed by atoms with Gasteiger partial charge in [0.2, 0.25) is 0 Å². The van der Waals surface area contributed by atoms with E-state index in [4.69, 9.17) is 10.5 Å². The van der Waals surface area contributed by atoms with Gasteiger partial charge in [-0.25, -0.2) is 5.01 Å². The zero-order valence-corrected chi connectivity index (χ0v) is 10.9. The summed E-state index contributed by atoms with van der Waals surface area (Å²) in [6.45, 7) is 2.70. The first-order valence-corrected chi connectivity index (χ1v) is 6.15. The largest absolute Gasteiger partial charge is 0.398 e. The molecule has 0 saturated carbocycles. The highest BCUT2D eigenvalue weighted by atomic mass is 79.9. The first-order valence-electron chi connectivity index (χ1n) is 5.35. The lowest BCUT2D eigenvalue weighted by atomic mass is 10.2. The van der Waals surface area contributed by atoms with E-state index in [1.54, 1.807) is 18.2 Å². The third kappa shape index (κ3) is 3.18. The van der Waals surface area contributed by atoms with E-state index in [2.05, 4.69) is 21.4 Å². The smallest absolute Gasteiger partial charge is 0.265 e. The minimum absolute atomic E-state index is 0.147. The number of benzene rings is 1. The van der Waals surface area contributed by atoms with Crippen molar-refractivity contribution in [3.63, 3.8) is 0 Å². The van der Waals surface area contributed by atoms with Gasteiger partial charge in [-0.1, -0.05) is 0 Å². The molecule has 1 amide bonds. The lowest BCUT2D eigenvalue weighted by molar-refractivity contribution is 0.0126. The Morgan fingerprint density at radius 3 is 2.76 bits per heavy atom. The number of carbonyl (C=O) groups excluding carboxylic acids is 1. The van der Waals surface area contributed by atoms with Crippen molar-refractivity contribution < 1.29 is 9.53 Å². The molecule has 0 bridgehead atoms. The van der Waals surface area contributed by atoms with Gasteiger partial charge >= 0.3 is 0 Å². The molecule has 0 atom stereocenters. The zero-order chi connectivity index (χ0) is 12.3. The van der Waals surface area contributed by atoms with E-state index in [0.717, 1.165) is 4.47 Å². The second-order valence-electron chi connectivity index (χ2n) is 3.78. The van der Waals surface area contributed by atoms with Crippen LogP contribution in [-0.4, -0.2) is 37.2 Å². The van der Waals surface area contributed by atoms with Gasteiger partial charge in [0, 0.05) is 28.8 Å². The van der Waals surface area contributed by atoms with Gasteiger partial charge in [0.1, 0.15) is 0 Å². The van der Waals surface area contributed by atoms with Crippen LogP contribution in [0.1, 0.15) is 10.4 Å². The Balaban J connectivity index is 2.01. The van der Waals surface area contributed by atoms with E-state index < -0.39 is 0 Å². The number of nitrogens with zero attached hydrogens (tertiary/aromatic N) is 1. The summed E-state index contributed by atoms with van der Waals surface area (Å²) in [7, 11) is 0. The molecule has 0 radical (unpaired) electrons. The summed E-state index contributed by atoms with van der Waals surface area (Å²) in [5.74, 6) is -0.147. The van der Waals surface area contributed by atoms with Crippen molar-refractivity contribution in [3.05, 3.63) is 28.2 Å². The number of anilines is 1. The first kappa shape index (κ1) is 12.3. The zero-order valence-electron chi connectivity index (χ0n) is 9.28. The molecule has 6 heteroatoms. The quantitative estimate of drug-likeness (QED) is 0.800. The highest BCUT2D eigenvalue weighted by molar-refractivity contribution is 9.10. The third-order valence-electron chi connectivity index (χ3n) is 2.53. The Bertz CT molecular complexity index is 419. The molecule has 17 heavy (non-hydrogen) atoms. The molecule has 0 spiro atoms. The molecule has 1 aromatic carbocycles. The first-order chi connectivity index (χ1) is 8.16. The summed E-state index contributed by atoms with van der Waals surface area (Å²) in [5, 5.41) is 1.85. The van der Waals surface area contributed by atoms with Crippen LogP contribution in [0.5, 0.6) is 0 Å². The number of rotatable bonds is 2. The molecule has 1 aliphatic rings. The fraction of sp³-hybridized carbons (Fsp3) is 0.364. The maximum Gasteiger partial charge on any atom is 0.265 e. The van der Waals surface area contributed by atoms with Gasteiger partial charge in [-0.2, -0.15) is 0 Å². The molecule has 1 aliphatic heterocycles. The van der Waals surface area contributed by atoms with Gasteiger partial charge in [0.25, 0.3) is 5.91 Å². The average Bonchev–Trinajstić information content (AvgIpc) is 2.34. The number of hydrogen-bond donors (Lipinski definition) is 2. The molecule has 1 aromatic rings. The van der Waals surface area contributed by atoms with Gasteiger partial charge < -0.3 is 10.5 Å². The molecule has 2 rings (SSSR count). The van der Waals surface area contributed by atoms with Crippen molar-refractivity contribution in [2.75, 3.05) is 32.0 Å². The predicted molar refractivity (Wildman–Crippen MR) is 68.4 cm³/mol. The van der Waals surface area contributed by atoms with Crippen LogP contribution in [0.4, 0.5) is 5.69 Å². The predicted octanol–water partition coefficient (Wildman–Crippen LogP) is 1.01. The van der Waals surface area contributed by atoms with E-state index in [9.17, 15) is 4.79 Å². The Morgan fingerprint density at radius 1 is 1.41 bits per heavy atom. The molecule has 1 heterocycles. The van der Waals surface area contributed by atoms with Crippen LogP contribution >= 0.6 is 15.9 Å². The fourth-order valence-corrected chi connectivity index (χ4v) is 1.81. The van der Waals surface area contributed by atoms with E-state index in [1.165, 1.54) is 0 Å². The molecule has 92 valence electrons. The Hall–Kier alpha value is -1.11. The van der Waals surface area contributed by atoms with Crippen molar-refractivity contribution in [2.45, 2.75) is 0 Å². The van der Waals surface area contributed by atoms with E-state index >= 15 is 0 Å². The standard InChI is InChI=1S/C11H14BrN3O2/c12-9-2-1-8(7-10(9)13)11(16)14-15-3-5-17-6-4-15/h1-2,7H,3-6,13H2,(H,14,16). The summed E-state index contributed by atoms with van der Waals surface area (Å²) in [5.41, 5.74) is 9.66. The van der Waals surface area contributed by atoms with Crippen LogP contribution in [0.15, 0.2) is 22.7 Å². The van der Waals surface area contributed by atoms with Gasteiger partial charge in [-0.15, -0.1) is 0 Å². The number of ether oxygens (including phenoxy) is 1. The molecule has 5 nitrogen and oxygen atoms in total. The van der Waals surface area contributed by atoms with Gasteiger partial charge in [0.15, 0.2) is 0 Å². The van der Waals surface area contributed by atoms with Crippen LogP contribution in [0.2, 0.25) is 0 Å². The van der Waals surface area contributed by atoms with Crippen LogP contribution in [-0.2, 0) is 4.74 Å². The summed E-state index contributed by atoms with van der Waals surface area (Å²) >= 11 is 3.29. The molecule has 1 fully saturated rings. The molecule has 3 N–H and O–H groups in total. The lowest BCUT2D eigenvalue weighted by Crippen LogP contribution is -2.48. The number of halogens is 1. The van der Waals surface area contributed by atoms with Crippen LogP contribution in [0.3, 0.4) is 0 Å². The number of hydrogen-bond acceptors (Lipinski definition) is 4. The highest BCUT2D eigenvalue weighted by Gasteiger charge is 2.14. The van der Waals surface area contributed by atoms with Crippen molar-refractivity contribution >= 4 is 27.5 Å². The number of hydrazine groups is 1. The van der Waals surface area contributed by atoms with Crippen LogP contribution in [0, 0.1) is 0 Å². The highest BCUT2D eigenvalue weighted by Crippen LogP contribution is 2.20. The fourth-order valence-electron chi connectivity index (χ4n) is 1.57. The summed E-state index contributed by atoms with van der Waals surface area (Å²) in [6.07, 6.45) is 0. The van der Waals surface area contributed by atoms with E-state index in [1.807, 2.05) is 5.01 Å². The number of nitrogen functional groups attached to an aromatic ring is 1. The number of morpholine rings is 1. The summed E-state index contributed by atoms with van der Waals surface area (Å²) in [4.78, 5) is 11.9. The molecule has 0 aromatic heterocycles. The second kappa shape index (κ2) is 5.48. The Labute approximate surface area is 108 Å². The third-order valence-corrected chi connectivity index (χ3v) is 3.25. The summed E-state index contributed by atoms with van der Waals surface area (Å²) < 4.78 is 5.99. The van der Waals surface area contributed by atoms with Crippen LogP contribution < -0.4 is 11.2 Å². The number of amides is 1. The molecular formula is C11H14BrN3O2. The summed E-state index contributed by atoms with van der Waals surface area (Å²) in [6, 6.07) is 5.15. The van der Waals surface area contributed by atoms with Crippen LogP contribution in [0.25, 0.3) is 0 Å². The van der Waals surface area contributed by atoms with E-state index in [0.29, 0.717) is 37.6 Å². The number of nitrogens with two attached hydrogens (primary N) is 1. The Morgan fingerprint density at radius 2 is 2.12 bits per heavy atom. The van der Waals surface area contributed by atoms with E-state index in [-0.39, 0.29) is 5.91 Å². The topological polar surface area (TPSA) is 67.6 Å². The van der Waals surface area contributed by atoms with Gasteiger partial charge in [-0.05, 0) is 34.1 Å². The minimum Gasteiger partial charge on any atom is -0.398 e. The van der Waals surface area contributed by atoms with Crippen molar-refractivity contribution in [1.29, 1.82) is 0 Å². The number of carbonyl (C=O) groups is 1. The van der Waals surface area contributed by atoms with Crippen molar-refractivity contribution in [1.82, 2.24) is 10.4 Å². The molecule has 0 aliphatic carbocycles. The SMILES string of the molecule is Nc1cc(C(=O)NN2CCOCC2)ccc1Br. The maximum absolute atomic E-state index is 11.9. The molecular weight excluding hydrogens is 286 g/mol. The van der Waals surface area contributed by atoms with Crippen molar-refractivity contribution in [3.8, 4) is 0 Å². The monoisotopic (exact) mass is 299 g/mol. The normalized spacial score (nSPS) is 16.8. The number of nitrogens with one attached hydrogen (secondary N) is 1. The van der Waals surface area contributed by atoms with Crippen molar-refractivity contribution in [2.24, 2.45) is 0 Å². The second-order valence-corrected chi connectivity index (χ2v) is 4.63. The van der Waals surface area contributed by atoms with Gasteiger partial charge in [0.05, 0.1) is 13.2 Å². The Kier molecular flexibility index (Phi) is 3.98. The van der Waals surface area contributed by atoms with Gasteiger partial charge in [-0.3, -0.25) is 10.2 Å². The lowest BCUT2D eigenvalue weighted by Gasteiger charge is -2.26. The molecule has 0 unspecified atom stereocenters. The molecule has 1 saturated heterocycles. The average molecular weight is 300 g/mol. The minimum atomic E-state index is -0.147. The maximum atomic E-state index is 11.9.